The van der Waals surface area contributed by atoms with E-state index in [2.05, 4.69) is 12.6 Å². The Labute approximate surface area is 205 Å². The Morgan fingerprint density at radius 2 is 1.59 bits per heavy atom. The Kier molecular flexibility index (Phi) is 7.08. The van der Waals surface area contributed by atoms with E-state index in [1.54, 1.807) is 31.2 Å². The average molecular weight is 489 g/mol. The number of carbonyl (C=O) groups is 4. The van der Waals surface area contributed by atoms with Crippen LogP contribution < -0.4 is 4.74 Å². The van der Waals surface area contributed by atoms with Crippen molar-refractivity contribution in [3.05, 3.63) is 24.3 Å². The van der Waals surface area contributed by atoms with Crippen LogP contribution >= 0.6 is 12.6 Å². The van der Waals surface area contributed by atoms with Crippen molar-refractivity contribution in [2.24, 2.45) is 29.1 Å². The van der Waals surface area contributed by atoms with Gasteiger partial charge in [0.2, 0.25) is 0 Å². The number of hydrogen-bond donors (Lipinski definition) is 1. The van der Waals surface area contributed by atoms with Gasteiger partial charge in [0, 0.05) is 16.7 Å². The first-order valence-electron chi connectivity index (χ1n) is 12.0. The first-order chi connectivity index (χ1) is 16.1. The van der Waals surface area contributed by atoms with Crippen LogP contribution in [0.5, 0.6) is 5.75 Å². The lowest BCUT2D eigenvalue weighted by atomic mass is 9.49. The van der Waals surface area contributed by atoms with E-state index in [9.17, 15) is 19.2 Å². The molecule has 7 nitrogen and oxygen atoms in total. The summed E-state index contributed by atoms with van der Waals surface area (Å²) in [6, 6.07) is 6.52. The third kappa shape index (κ3) is 5.16. The minimum Gasteiger partial charge on any atom is -0.458 e. The highest BCUT2D eigenvalue weighted by Crippen LogP contribution is 2.59. The summed E-state index contributed by atoms with van der Waals surface area (Å²) in [5.74, 6) is -0.913. The number of hydrogen-bond acceptors (Lipinski definition) is 8. The standard InChI is InChI=1S/C26H32O7S/c1-14(2)24(33-22(28)10-21(27)32-19-4-6-20(34)7-5-19)15(3)31-25(30)26-11-16-8-17(12-26)23(29)18(9-16)13-26/h4-7,14-18,24,34H,8-13H2,1-3H3. The summed E-state index contributed by atoms with van der Waals surface area (Å²) in [4.78, 5) is 51.0. The van der Waals surface area contributed by atoms with Gasteiger partial charge in [0.1, 0.15) is 30.2 Å². The predicted molar refractivity (Wildman–Crippen MR) is 125 cm³/mol. The van der Waals surface area contributed by atoms with Gasteiger partial charge in [-0.15, -0.1) is 12.6 Å². The molecule has 4 atom stereocenters. The van der Waals surface area contributed by atoms with E-state index in [-0.39, 0.29) is 23.7 Å². The molecule has 1 aromatic carbocycles. The van der Waals surface area contributed by atoms with Crippen LogP contribution in [0.25, 0.3) is 0 Å². The van der Waals surface area contributed by atoms with Crippen molar-refractivity contribution < 1.29 is 33.4 Å². The van der Waals surface area contributed by atoms with E-state index in [4.69, 9.17) is 14.2 Å². The molecule has 4 aliphatic rings. The van der Waals surface area contributed by atoms with Crippen LogP contribution in [0.4, 0.5) is 0 Å². The van der Waals surface area contributed by atoms with E-state index in [0.717, 1.165) is 24.2 Å². The van der Waals surface area contributed by atoms with Gasteiger partial charge in [0.15, 0.2) is 0 Å². The second kappa shape index (κ2) is 9.72. The highest BCUT2D eigenvalue weighted by atomic mass is 32.1. The topological polar surface area (TPSA) is 96.0 Å². The van der Waals surface area contributed by atoms with Crippen molar-refractivity contribution >= 4 is 36.3 Å². The largest absolute Gasteiger partial charge is 0.458 e. The van der Waals surface area contributed by atoms with Gasteiger partial charge in [0.05, 0.1) is 5.41 Å². The molecule has 0 amide bonds. The van der Waals surface area contributed by atoms with Crippen LogP contribution in [0.1, 0.15) is 59.3 Å². The van der Waals surface area contributed by atoms with Gasteiger partial charge in [-0.2, -0.15) is 0 Å². The van der Waals surface area contributed by atoms with Gasteiger partial charge < -0.3 is 14.2 Å². The van der Waals surface area contributed by atoms with Gasteiger partial charge in [-0.1, -0.05) is 13.8 Å². The van der Waals surface area contributed by atoms with Crippen LogP contribution in [0.3, 0.4) is 0 Å². The SMILES string of the molecule is CC(C)C(OC(=O)CC(=O)Oc1ccc(S)cc1)C(C)OC(=O)C12CC3CC(C1)C(=O)C(C3)C2. The molecule has 4 saturated carbocycles. The predicted octanol–water partition coefficient (Wildman–Crippen LogP) is 4.17. The second-order valence-corrected chi connectivity index (χ2v) is 11.0. The molecule has 184 valence electrons. The number of benzene rings is 1. The minimum absolute atomic E-state index is 0.0252. The molecule has 0 saturated heterocycles. The van der Waals surface area contributed by atoms with Gasteiger partial charge in [-0.05, 0) is 75.1 Å². The summed E-state index contributed by atoms with van der Waals surface area (Å²) >= 11 is 4.17. The first kappa shape index (κ1) is 24.8. The fourth-order valence-corrected chi connectivity index (χ4v) is 6.27. The molecule has 4 bridgehead atoms. The molecular weight excluding hydrogens is 456 g/mol. The van der Waals surface area contributed by atoms with Crippen molar-refractivity contribution in [1.29, 1.82) is 0 Å². The molecule has 4 fully saturated rings. The quantitative estimate of drug-likeness (QED) is 0.254. The molecule has 0 radical (unpaired) electrons. The van der Waals surface area contributed by atoms with Crippen LogP contribution in [-0.2, 0) is 28.7 Å². The number of ether oxygens (including phenoxy) is 3. The summed E-state index contributed by atoms with van der Waals surface area (Å²) in [6.45, 7) is 5.44. The molecule has 0 aliphatic heterocycles. The van der Waals surface area contributed by atoms with Crippen LogP contribution in [0.2, 0.25) is 0 Å². The fraction of sp³-hybridized carbons (Fsp3) is 0.615. The molecule has 1 aromatic rings. The molecule has 0 aromatic heterocycles. The lowest BCUT2D eigenvalue weighted by molar-refractivity contribution is -0.189. The lowest BCUT2D eigenvalue weighted by Gasteiger charge is -2.54. The molecule has 0 N–H and O–H groups in total. The minimum atomic E-state index is -0.738. The summed E-state index contributed by atoms with van der Waals surface area (Å²) < 4.78 is 16.6. The van der Waals surface area contributed by atoms with E-state index in [0.29, 0.717) is 30.3 Å². The summed E-state index contributed by atoms with van der Waals surface area (Å²) in [6.07, 6.45) is 1.74. The Bertz CT molecular complexity index is 952. The van der Waals surface area contributed by atoms with E-state index < -0.39 is 36.0 Å². The smallest absolute Gasteiger partial charge is 0.322 e. The maximum atomic E-state index is 13.3. The number of carbonyl (C=O) groups excluding carboxylic acids is 4. The van der Waals surface area contributed by atoms with Gasteiger partial charge >= 0.3 is 17.9 Å². The van der Waals surface area contributed by atoms with E-state index >= 15 is 0 Å². The third-order valence-electron chi connectivity index (χ3n) is 7.46. The highest BCUT2D eigenvalue weighted by molar-refractivity contribution is 7.80. The van der Waals surface area contributed by atoms with Gasteiger partial charge in [0.25, 0.3) is 0 Å². The van der Waals surface area contributed by atoms with Crippen molar-refractivity contribution in [3.63, 3.8) is 0 Å². The van der Waals surface area contributed by atoms with Crippen LogP contribution in [-0.4, -0.2) is 35.9 Å². The zero-order valence-electron chi connectivity index (χ0n) is 19.8. The lowest BCUT2D eigenvalue weighted by Crippen LogP contribution is -2.55. The molecule has 4 unspecified atom stereocenters. The molecule has 0 spiro atoms. The molecule has 4 aliphatic carbocycles. The second-order valence-electron chi connectivity index (χ2n) is 10.5. The van der Waals surface area contributed by atoms with E-state index in [1.165, 1.54) is 0 Å². The summed E-state index contributed by atoms with van der Waals surface area (Å²) in [5.41, 5.74) is -0.601. The number of thiol groups is 1. The summed E-state index contributed by atoms with van der Waals surface area (Å²) in [7, 11) is 0. The Hall–Kier alpha value is -2.35. The first-order valence-corrected chi connectivity index (χ1v) is 12.4. The Balaban J connectivity index is 1.33. The molecule has 5 rings (SSSR count). The molecule has 0 heterocycles. The maximum Gasteiger partial charge on any atom is 0.322 e. The summed E-state index contributed by atoms with van der Waals surface area (Å²) in [5, 5.41) is 0. The van der Waals surface area contributed by atoms with Crippen molar-refractivity contribution in [2.75, 3.05) is 0 Å². The maximum absolute atomic E-state index is 13.3. The number of esters is 3. The molecule has 8 heteroatoms. The van der Waals surface area contributed by atoms with Gasteiger partial charge in [-0.25, -0.2) is 0 Å². The number of ketones is 1. The van der Waals surface area contributed by atoms with Crippen molar-refractivity contribution in [1.82, 2.24) is 0 Å². The number of rotatable bonds is 8. The zero-order chi connectivity index (χ0) is 24.6. The zero-order valence-corrected chi connectivity index (χ0v) is 20.7. The molecular formula is C26H32O7S. The monoisotopic (exact) mass is 488 g/mol. The highest BCUT2D eigenvalue weighted by Gasteiger charge is 2.59. The third-order valence-corrected chi connectivity index (χ3v) is 7.76. The van der Waals surface area contributed by atoms with Gasteiger partial charge in [-0.3, -0.25) is 19.2 Å². The number of Topliss-reactive ketones (excluding diaryl/α,β-unsaturated/α-hetero) is 1. The van der Waals surface area contributed by atoms with E-state index in [1.807, 2.05) is 13.8 Å². The Morgan fingerprint density at radius 3 is 2.18 bits per heavy atom. The van der Waals surface area contributed by atoms with Crippen molar-refractivity contribution in [3.8, 4) is 5.75 Å². The fourth-order valence-electron chi connectivity index (χ4n) is 6.12. The average Bonchev–Trinajstić information content (AvgIpc) is 2.76. The molecule has 34 heavy (non-hydrogen) atoms. The normalized spacial score (nSPS) is 29.0. The van der Waals surface area contributed by atoms with Crippen LogP contribution in [0.15, 0.2) is 29.2 Å². The van der Waals surface area contributed by atoms with Crippen LogP contribution in [0, 0.1) is 29.1 Å². The Morgan fingerprint density at radius 1 is 0.971 bits per heavy atom. The van der Waals surface area contributed by atoms with Crippen molar-refractivity contribution in [2.45, 2.75) is 76.4 Å².